The highest BCUT2D eigenvalue weighted by Crippen LogP contribution is 2.64. The van der Waals surface area contributed by atoms with Crippen molar-refractivity contribution in [2.75, 3.05) is 4.90 Å². The van der Waals surface area contributed by atoms with Crippen molar-refractivity contribution in [2.24, 2.45) is 0 Å². The fourth-order valence-corrected chi connectivity index (χ4v) is 10.1. The monoisotopic (exact) mass is 724 g/mol. The molecule has 9 aromatic carbocycles. The van der Waals surface area contributed by atoms with Gasteiger partial charge in [0.05, 0.1) is 16.4 Å². The highest BCUT2D eigenvalue weighted by Gasteiger charge is 2.52. The van der Waals surface area contributed by atoms with Gasteiger partial charge in [-0.05, 0) is 116 Å². The van der Waals surface area contributed by atoms with E-state index in [0.29, 0.717) is 0 Å². The summed E-state index contributed by atoms with van der Waals surface area (Å²) in [6, 6.07) is 80.3. The van der Waals surface area contributed by atoms with Crippen LogP contribution in [-0.2, 0) is 5.41 Å². The normalized spacial score (nSPS) is 13.1. The third-order valence-corrected chi connectivity index (χ3v) is 12.4. The maximum atomic E-state index is 2.46. The number of para-hydroxylation sites is 2. The quantitative estimate of drug-likeness (QED) is 0.172. The van der Waals surface area contributed by atoms with E-state index in [9.17, 15) is 0 Å². The lowest BCUT2D eigenvalue weighted by atomic mass is 9.70. The lowest BCUT2D eigenvalue weighted by Crippen LogP contribution is -2.25. The van der Waals surface area contributed by atoms with Crippen LogP contribution in [0.1, 0.15) is 22.3 Å². The second kappa shape index (κ2) is 12.3. The Bertz CT molecular complexity index is 3110. The summed E-state index contributed by atoms with van der Waals surface area (Å²) in [4.78, 5) is 2.39. The van der Waals surface area contributed by atoms with Crippen molar-refractivity contribution in [1.29, 1.82) is 0 Å². The lowest BCUT2D eigenvalue weighted by Gasteiger charge is -2.30. The zero-order chi connectivity index (χ0) is 37.5. The van der Waals surface area contributed by atoms with Crippen LogP contribution in [0.5, 0.6) is 0 Å². The van der Waals surface area contributed by atoms with Crippen LogP contribution in [-0.4, -0.2) is 4.57 Å². The first kappa shape index (κ1) is 31.9. The summed E-state index contributed by atoms with van der Waals surface area (Å²) in [6.45, 7) is 0. The van der Waals surface area contributed by atoms with E-state index in [1.54, 1.807) is 0 Å². The predicted molar refractivity (Wildman–Crippen MR) is 237 cm³/mol. The molecule has 0 saturated carbocycles. The molecule has 10 aromatic rings. The molecule has 12 rings (SSSR count). The Labute approximate surface area is 332 Å². The Morgan fingerprint density at radius 2 is 0.842 bits per heavy atom. The highest BCUT2D eigenvalue weighted by atomic mass is 15.1. The molecule has 2 aliphatic carbocycles. The fraction of sp³-hybridized carbons (Fsp3) is 0.0182. The van der Waals surface area contributed by atoms with E-state index in [4.69, 9.17) is 0 Å². The predicted octanol–water partition coefficient (Wildman–Crippen LogP) is 14.3. The summed E-state index contributed by atoms with van der Waals surface area (Å²) in [5, 5.41) is 2.52. The topological polar surface area (TPSA) is 8.17 Å². The Morgan fingerprint density at radius 3 is 1.51 bits per heavy atom. The maximum Gasteiger partial charge on any atom is 0.0725 e. The molecule has 1 spiro atoms. The number of hydrogen-bond donors (Lipinski definition) is 0. The summed E-state index contributed by atoms with van der Waals surface area (Å²) < 4.78 is 2.46. The summed E-state index contributed by atoms with van der Waals surface area (Å²) in [5.41, 5.74) is 19.6. The van der Waals surface area contributed by atoms with E-state index in [1.807, 2.05) is 0 Å². The average molecular weight is 725 g/mol. The van der Waals surface area contributed by atoms with E-state index in [1.165, 1.54) is 77.4 Å². The molecular weight excluding hydrogens is 689 g/mol. The van der Waals surface area contributed by atoms with Crippen molar-refractivity contribution in [3.63, 3.8) is 0 Å². The van der Waals surface area contributed by atoms with Crippen molar-refractivity contribution in [2.45, 2.75) is 5.41 Å². The van der Waals surface area contributed by atoms with E-state index >= 15 is 0 Å². The van der Waals surface area contributed by atoms with Crippen molar-refractivity contribution in [3.8, 4) is 39.1 Å². The standard InChI is InChI=1S/C55H36N2/c1-4-16-37(17-5-1)38-28-30-41(31-29-38)56(39-18-6-2-7-19-39)42-32-34-51-46(36-42)54-52(57(51)40-20-8-3-9-21-40)35-33-50-53(54)45-24-12-15-27-49(45)55(50)47-25-13-10-22-43(47)44-23-11-14-26-48(44)55/h1-36H. The Morgan fingerprint density at radius 1 is 0.351 bits per heavy atom. The second-order valence-electron chi connectivity index (χ2n) is 15.2. The summed E-state index contributed by atoms with van der Waals surface area (Å²) in [6.07, 6.45) is 0. The fourth-order valence-electron chi connectivity index (χ4n) is 10.1. The minimum atomic E-state index is -0.414. The van der Waals surface area contributed by atoms with Gasteiger partial charge in [0.1, 0.15) is 0 Å². The molecule has 0 atom stereocenters. The Hall–Kier alpha value is -7.42. The third-order valence-electron chi connectivity index (χ3n) is 12.4. The maximum absolute atomic E-state index is 2.46. The van der Waals surface area contributed by atoms with Crippen LogP contribution in [0.4, 0.5) is 17.1 Å². The number of nitrogens with zero attached hydrogens (tertiary/aromatic N) is 2. The minimum absolute atomic E-state index is 0.414. The number of aromatic nitrogens is 1. The van der Waals surface area contributed by atoms with E-state index in [2.05, 4.69) is 228 Å². The molecule has 266 valence electrons. The zero-order valence-electron chi connectivity index (χ0n) is 31.2. The highest BCUT2D eigenvalue weighted by molar-refractivity contribution is 6.19. The molecule has 0 saturated heterocycles. The second-order valence-corrected chi connectivity index (χ2v) is 15.2. The molecule has 0 bridgehead atoms. The number of anilines is 3. The van der Waals surface area contributed by atoms with Gasteiger partial charge in [0.15, 0.2) is 0 Å². The molecule has 57 heavy (non-hydrogen) atoms. The molecule has 0 fully saturated rings. The smallest absolute Gasteiger partial charge is 0.0725 e. The largest absolute Gasteiger partial charge is 0.310 e. The number of hydrogen-bond acceptors (Lipinski definition) is 1. The van der Waals surface area contributed by atoms with Gasteiger partial charge in [0.2, 0.25) is 0 Å². The van der Waals surface area contributed by atoms with Gasteiger partial charge < -0.3 is 9.47 Å². The van der Waals surface area contributed by atoms with Crippen molar-refractivity contribution in [1.82, 2.24) is 4.57 Å². The molecule has 0 unspecified atom stereocenters. The van der Waals surface area contributed by atoms with Crippen LogP contribution in [0.25, 0.3) is 60.9 Å². The van der Waals surface area contributed by atoms with Crippen LogP contribution >= 0.6 is 0 Å². The van der Waals surface area contributed by atoms with Gasteiger partial charge in [0, 0.05) is 33.5 Å². The first-order valence-corrected chi connectivity index (χ1v) is 19.8. The molecule has 2 nitrogen and oxygen atoms in total. The van der Waals surface area contributed by atoms with Crippen molar-refractivity contribution >= 4 is 38.9 Å². The molecule has 0 amide bonds. The SMILES string of the molecule is c1ccc(-c2ccc(N(c3ccccc3)c3ccc4c(c3)c3c5c(ccc3n4-c3ccccc3)C3(c4ccccc4-c4ccccc43)c3ccccc3-5)cc2)cc1. The van der Waals surface area contributed by atoms with Crippen LogP contribution < -0.4 is 4.90 Å². The molecule has 2 heteroatoms. The van der Waals surface area contributed by atoms with Crippen LogP contribution in [0.15, 0.2) is 218 Å². The first-order valence-electron chi connectivity index (χ1n) is 19.8. The van der Waals surface area contributed by atoms with Crippen molar-refractivity contribution < 1.29 is 0 Å². The molecule has 2 aliphatic rings. The van der Waals surface area contributed by atoms with Gasteiger partial charge in [0.25, 0.3) is 0 Å². The van der Waals surface area contributed by atoms with Crippen molar-refractivity contribution in [3.05, 3.63) is 241 Å². The molecule has 0 radical (unpaired) electrons. The third kappa shape index (κ3) is 4.47. The number of benzene rings is 9. The van der Waals surface area contributed by atoms with E-state index in [-0.39, 0.29) is 0 Å². The number of fused-ring (bicyclic) bond motifs is 14. The number of rotatable bonds is 5. The summed E-state index contributed by atoms with van der Waals surface area (Å²) >= 11 is 0. The minimum Gasteiger partial charge on any atom is -0.310 e. The Balaban J connectivity index is 1.16. The molecule has 0 aliphatic heterocycles. The van der Waals surface area contributed by atoms with Gasteiger partial charge in [-0.3, -0.25) is 0 Å². The average Bonchev–Trinajstić information content (AvgIpc) is 3.89. The molecule has 1 heterocycles. The van der Waals surface area contributed by atoms with Gasteiger partial charge in [-0.2, -0.15) is 0 Å². The van der Waals surface area contributed by atoms with Crippen LogP contribution in [0.3, 0.4) is 0 Å². The lowest BCUT2D eigenvalue weighted by molar-refractivity contribution is 0.794. The summed E-state index contributed by atoms with van der Waals surface area (Å²) in [5.74, 6) is 0. The van der Waals surface area contributed by atoms with E-state index < -0.39 is 5.41 Å². The van der Waals surface area contributed by atoms with Gasteiger partial charge in [-0.15, -0.1) is 0 Å². The summed E-state index contributed by atoms with van der Waals surface area (Å²) in [7, 11) is 0. The van der Waals surface area contributed by atoms with Crippen LogP contribution in [0, 0.1) is 0 Å². The van der Waals surface area contributed by atoms with Gasteiger partial charge in [-0.1, -0.05) is 158 Å². The molecule has 1 aromatic heterocycles. The van der Waals surface area contributed by atoms with Gasteiger partial charge in [-0.25, -0.2) is 0 Å². The zero-order valence-corrected chi connectivity index (χ0v) is 31.2. The van der Waals surface area contributed by atoms with E-state index in [0.717, 1.165) is 22.7 Å². The van der Waals surface area contributed by atoms with Gasteiger partial charge >= 0.3 is 0 Å². The molecule has 0 N–H and O–H groups in total. The first-order chi connectivity index (χ1) is 28.3. The molecular formula is C55H36N2. The Kier molecular flexibility index (Phi) is 6.88. The van der Waals surface area contributed by atoms with Crippen LogP contribution in [0.2, 0.25) is 0 Å².